The van der Waals surface area contributed by atoms with Crippen LogP contribution in [0.4, 0.5) is 10.5 Å². The van der Waals surface area contributed by atoms with E-state index in [0.29, 0.717) is 18.5 Å². The van der Waals surface area contributed by atoms with Crippen LogP contribution in [0.2, 0.25) is 0 Å². The van der Waals surface area contributed by atoms with Crippen molar-refractivity contribution >= 4 is 17.7 Å². The molecule has 1 fully saturated rings. The highest BCUT2D eigenvalue weighted by molar-refractivity contribution is 5.92. The molecular weight excluding hydrogens is 450 g/mol. The molecule has 5 nitrogen and oxygen atoms in total. The maximum atomic E-state index is 12.6. The number of carboxylic acid groups (broad SMARTS) is 1. The quantitative estimate of drug-likeness (QED) is 0.290. The molecule has 0 heterocycles. The summed E-state index contributed by atoms with van der Waals surface area (Å²) < 4.78 is 5.57. The third kappa shape index (κ3) is 4.73. The molecule has 1 amide bonds. The van der Waals surface area contributed by atoms with Crippen LogP contribution in [-0.2, 0) is 14.9 Å². The Morgan fingerprint density at radius 2 is 1.33 bits per heavy atom. The van der Waals surface area contributed by atoms with Crippen LogP contribution in [0, 0.1) is 0 Å². The van der Waals surface area contributed by atoms with Gasteiger partial charge in [0, 0.05) is 5.56 Å². The molecular formula is C31H27NO4. The lowest BCUT2D eigenvalue weighted by Gasteiger charge is -2.16. The largest absolute Gasteiger partial charge is 0.481 e. The Bertz CT molecular complexity index is 1370. The zero-order chi connectivity index (χ0) is 25.1. The monoisotopic (exact) mass is 477 g/mol. The second-order valence-corrected chi connectivity index (χ2v) is 9.17. The van der Waals surface area contributed by atoms with E-state index in [-0.39, 0.29) is 6.10 Å². The number of carbonyl (C=O) groups excluding carboxylic acids is 1. The van der Waals surface area contributed by atoms with Gasteiger partial charge in [-0.05, 0) is 53.6 Å². The Labute approximate surface area is 210 Å². The SMILES string of the molecule is CC(OC(=O)Nc1ccccc1-c1ccc(-c2ccc(C3(C(=O)O)CC3)cc2)cc1)c1ccccc1. The summed E-state index contributed by atoms with van der Waals surface area (Å²) in [4.78, 5) is 24.2. The topological polar surface area (TPSA) is 75.6 Å². The van der Waals surface area contributed by atoms with Crippen molar-refractivity contribution in [1.82, 2.24) is 0 Å². The lowest BCUT2D eigenvalue weighted by atomic mass is 9.93. The minimum absolute atomic E-state index is 0.366. The number of amides is 1. The number of carboxylic acids is 1. The van der Waals surface area contributed by atoms with Crippen LogP contribution in [0.5, 0.6) is 0 Å². The average Bonchev–Trinajstić information content (AvgIpc) is 3.72. The van der Waals surface area contributed by atoms with Crippen LogP contribution in [-0.4, -0.2) is 17.2 Å². The van der Waals surface area contributed by atoms with E-state index in [0.717, 1.165) is 33.4 Å². The van der Waals surface area contributed by atoms with Gasteiger partial charge >= 0.3 is 12.1 Å². The molecule has 0 saturated heterocycles. The second kappa shape index (κ2) is 9.70. The molecule has 0 aromatic heterocycles. The van der Waals surface area contributed by atoms with Gasteiger partial charge in [-0.1, -0.05) is 97.1 Å². The summed E-state index contributed by atoms with van der Waals surface area (Å²) in [5.74, 6) is -0.745. The maximum absolute atomic E-state index is 12.6. The molecule has 1 atom stereocenters. The van der Waals surface area contributed by atoms with Gasteiger partial charge in [0.25, 0.3) is 0 Å². The van der Waals surface area contributed by atoms with Gasteiger partial charge < -0.3 is 9.84 Å². The van der Waals surface area contributed by atoms with Gasteiger partial charge in [-0.25, -0.2) is 4.79 Å². The van der Waals surface area contributed by atoms with Crippen LogP contribution in [0.15, 0.2) is 103 Å². The molecule has 0 radical (unpaired) electrons. The molecule has 4 aromatic carbocycles. The first-order chi connectivity index (χ1) is 17.5. The summed E-state index contributed by atoms with van der Waals surface area (Å²) >= 11 is 0. The number of nitrogens with one attached hydrogen (secondary N) is 1. The number of aliphatic carboxylic acids is 1. The van der Waals surface area contributed by atoms with Crippen LogP contribution < -0.4 is 5.32 Å². The number of ether oxygens (including phenoxy) is 1. The highest BCUT2D eigenvalue weighted by Crippen LogP contribution is 2.48. The molecule has 1 aliphatic rings. The van der Waals surface area contributed by atoms with Crippen molar-refractivity contribution in [2.75, 3.05) is 5.32 Å². The zero-order valence-corrected chi connectivity index (χ0v) is 20.0. The molecule has 5 heteroatoms. The van der Waals surface area contributed by atoms with Gasteiger partial charge in [0.2, 0.25) is 0 Å². The Morgan fingerprint density at radius 3 is 1.94 bits per heavy atom. The number of benzene rings is 4. The smallest absolute Gasteiger partial charge is 0.412 e. The van der Waals surface area contributed by atoms with Crippen molar-refractivity contribution in [2.45, 2.75) is 31.3 Å². The normalized spacial score (nSPS) is 14.5. The summed E-state index contributed by atoms with van der Waals surface area (Å²) in [6, 6.07) is 33.1. The van der Waals surface area contributed by atoms with Crippen molar-refractivity contribution in [3.63, 3.8) is 0 Å². The highest BCUT2D eigenvalue weighted by Gasteiger charge is 2.51. The summed E-state index contributed by atoms with van der Waals surface area (Å²) in [6.45, 7) is 1.85. The van der Waals surface area contributed by atoms with E-state index in [1.165, 1.54) is 0 Å². The molecule has 1 saturated carbocycles. The average molecular weight is 478 g/mol. The van der Waals surface area contributed by atoms with E-state index >= 15 is 0 Å². The number of hydrogen-bond donors (Lipinski definition) is 2. The first kappa shape index (κ1) is 23.4. The molecule has 0 aliphatic heterocycles. The van der Waals surface area contributed by atoms with Gasteiger partial charge in [-0.2, -0.15) is 0 Å². The number of para-hydroxylation sites is 1. The fourth-order valence-corrected chi connectivity index (χ4v) is 4.51. The van der Waals surface area contributed by atoms with E-state index in [1.807, 2.05) is 110 Å². The first-order valence-corrected chi connectivity index (χ1v) is 12.0. The van der Waals surface area contributed by atoms with E-state index in [2.05, 4.69) is 5.32 Å². The zero-order valence-electron chi connectivity index (χ0n) is 20.0. The summed E-state index contributed by atoms with van der Waals surface area (Å²) in [6.07, 6.45) is 0.519. The lowest BCUT2D eigenvalue weighted by molar-refractivity contribution is -0.140. The molecule has 5 rings (SSSR count). The number of hydrogen-bond acceptors (Lipinski definition) is 3. The maximum Gasteiger partial charge on any atom is 0.412 e. The molecule has 180 valence electrons. The lowest BCUT2D eigenvalue weighted by Crippen LogP contribution is -2.19. The van der Waals surface area contributed by atoms with Gasteiger partial charge in [0.15, 0.2) is 0 Å². The fraction of sp³-hybridized carbons (Fsp3) is 0.161. The molecule has 1 unspecified atom stereocenters. The molecule has 1 aliphatic carbocycles. The summed E-state index contributed by atoms with van der Waals surface area (Å²) in [5, 5.41) is 12.4. The number of anilines is 1. The highest BCUT2D eigenvalue weighted by atomic mass is 16.6. The van der Waals surface area contributed by atoms with Crippen molar-refractivity contribution in [2.24, 2.45) is 0 Å². The fourth-order valence-electron chi connectivity index (χ4n) is 4.51. The second-order valence-electron chi connectivity index (χ2n) is 9.17. The summed E-state index contributed by atoms with van der Waals surface area (Å²) in [5.41, 5.74) is 5.68. The number of rotatable bonds is 7. The van der Waals surface area contributed by atoms with E-state index in [4.69, 9.17) is 4.74 Å². The third-order valence-corrected chi connectivity index (χ3v) is 6.84. The Morgan fingerprint density at radius 1 is 0.778 bits per heavy atom. The first-order valence-electron chi connectivity index (χ1n) is 12.0. The van der Waals surface area contributed by atoms with Crippen molar-refractivity contribution in [1.29, 1.82) is 0 Å². The molecule has 36 heavy (non-hydrogen) atoms. The van der Waals surface area contributed by atoms with Crippen LogP contribution in [0.25, 0.3) is 22.3 Å². The predicted octanol–water partition coefficient (Wildman–Crippen LogP) is 7.45. The van der Waals surface area contributed by atoms with Gasteiger partial charge in [-0.3, -0.25) is 10.1 Å². The van der Waals surface area contributed by atoms with Gasteiger partial charge in [0.05, 0.1) is 11.1 Å². The Hall–Kier alpha value is -4.38. The Balaban J connectivity index is 1.30. The predicted molar refractivity (Wildman–Crippen MR) is 141 cm³/mol. The van der Waals surface area contributed by atoms with Gasteiger partial charge in [-0.15, -0.1) is 0 Å². The molecule has 0 spiro atoms. The minimum Gasteiger partial charge on any atom is -0.481 e. The summed E-state index contributed by atoms with van der Waals surface area (Å²) in [7, 11) is 0. The van der Waals surface area contributed by atoms with Crippen molar-refractivity contribution < 1.29 is 19.4 Å². The van der Waals surface area contributed by atoms with E-state index < -0.39 is 17.5 Å². The van der Waals surface area contributed by atoms with E-state index in [9.17, 15) is 14.7 Å². The molecule has 2 N–H and O–H groups in total. The Kier molecular flexibility index (Phi) is 6.30. The number of carbonyl (C=O) groups is 2. The van der Waals surface area contributed by atoms with Gasteiger partial charge in [0.1, 0.15) is 6.10 Å². The minimum atomic E-state index is -0.745. The van der Waals surface area contributed by atoms with Crippen molar-refractivity contribution in [3.8, 4) is 22.3 Å². The third-order valence-electron chi connectivity index (χ3n) is 6.84. The molecule has 0 bridgehead atoms. The molecule has 4 aromatic rings. The van der Waals surface area contributed by atoms with Crippen LogP contribution >= 0.6 is 0 Å². The van der Waals surface area contributed by atoms with Crippen molar-refractivity contribution in [3.05, 3.63) is 114 Å². The van der Waals surface area contributed by atoms with Crippen LogP contribution in [0.3, 0.4) is 0 Å². The standard InChI is InChI=1S/C31H27NO4/c1-21(22-7-3-2-4-8-22)36-30(35)32-28-10-6-5-9-27(28)25-13-11-23(12-14-25)24-15-17-26(18-16-24)31(19-20-31)29(33)34/h2-18,21H,19-20H2,1H3,(H,32,35)(H,33,34). The van der Waals surface area contributed by atoms with E-state index in [1.54, 1.807) is 0 Å². The van der Waals surface area contributed by atoms with Crippen LogP contribution in [0.1, 0.15) is 37.0 Å².